The van der Waals surface area contributed by atoms with Crippen LogP contribution in [0.25, 0.3) is 0 Å². The molecule has 0 spiro atoms. The van der Waals surface area contributed by atoms with Crippen LogP contribution in [0.3, 0.4) is 0 Å². The van der Waals surface area contributed by atoms with Gasteiger partial charge in [0.2, 0.25) is 0 Å². The molecule has 2 N–H and O–H groups in total. The van der Waals surface area contributed by atoms with Gasteiger partial charge in [-0.15, -0.1) is 0 Å². The van der Waals surface area contributed by atoms with E-state index in [9.17, 15) is 0 Å². The second-order valence-electron chi connectivity index (χ2n) is 6.38. The number of likely N-dealkylation sites (tertiary alicyclic amines) is 1. The highest BCUT2D eigenvalue weighted by molar-refractivity contribution is 7.80. The lowest BCUT2D eigenvalue weighted by atomic mass is 10.1. The Hall–Kier alpha value is -1.56. The third kappa shape index (κ3) is 4.75. The topological polar surface area (TPSA) is 40.4 Å². The second-order valence-corrected chi connectivity index (χ2v) is 7.19. The van der Waals surface area contributed by atoms with Crippen molar-refractivity contribution in [3.8, 4) is 0 Å². The fourth-order valence-electron chi connectivity index (χ4n) is 3.22. The summed E-state index contributed by atoms with van der Waals surface area (Å²) in [4.78, 5) is 2.47. The van der Waals surface area contributed by atoms with Crippen LogP contribution in [0.1, 0.15) is 36.6 Å². The zero-order chi connectivity index (χ0) is 17.6. The van der Waals surface area contributed by atoms with Crippen molar-refractivity contribution in [3.63, 3.8) is 0 Å². The number of rotatable bonds is 5. The van der Waals surface area contributed by atoms with Gasteiger partial charge in [-0.05, 0) is 74.9 Å². The van der Waals surface area contributed by atoms with Gasteiger partial charge >= 0.3 is 0 Å². The Morgan fingerprint density at radius 2 is 2.04 bits per heavy atom. The van der Waals surface area contributed by atoms with E-state index in [-0.39, 0.29) is 6.04 Å². The first-order valence-corrected chi connectivity index (χ1v) is 9.51. The maximum absolute atomic E-state index is 6.17. The Labute approximate surface area is 159 Å². The predicted octanol–water partition coefficient (Wildman–Crippen LogP) is 4.76. The Balaban J connectivity index is 1.62. The van der Waals surface area contributed by atoms with E-state index in [1.807, 2.05) is 37.3 Å². The molecule has 0 saturated carbocycles. The van der Waals surface area contributed by atoms with Crippen LogP contribution in [0.4, 0.5) is 5.69 Å². The van der Waals surface area contributed by atoms with Crippen LogP contribution in [-0.4, -0.2) is 29.6 Å². The van der Waals surface area contributed by atoms with Crippen molar-refractivity contribution >= 4 is 34.6 Å². The van der Waals surface area contributed by atoms with Gasteiger partial charge in [0.1, 0.15) is 5.76 Å². The quantitative estimate of drug-likeness (QED) is 0.735. The summed E-state index contributed by atoms with van der Waals surface area (Å²) in [5, 5.41) is 7.91. The number of hydrogen-bond acceptors (Lipinski definition) is 3. The van der Waals surface area contributed by atoms with Crippen molar-refractivity contribution in [2.24, 2.45) is 0 Å². The van der Waals surface area contributed by atoms with Gasteiger partial charge in [-0.1, -0.05) is 24.1 Å². The molecule has 3 rings (SSSR count). The summed E-state index contributed by atoms with van der Waals surface area (Å²) in [7, 11) is 0. The van der Waals surface area contributed by atoms with Crippen LogP contribution in [0.5, 0.6) is 0 Å². The van der Waals surface area contributed by atoms with Gasteiger partial charge in [0.05, 0.1) is 12.3 Å². The molecule has 6 heteroatoms. The molecule has 1 aromatic carbocycles. The van der Waals surface area contributed by atoms with Gasteiger partial charge < -0.3 is 15.1 Å². The summed E-state index contributed by atoms with van der Waals surface area (Å²) in [6.07, 6.45) is 5.52. The van der Waals surface area contributed by atoms with Crippen LogP contribution in [0, 0.1) is 6.92 Å². The third-order valence-corrected chi connectivity index (χ3v) is 5.33. The fourth-order valence-corrected chi connectivity index (χ4v) is 3.59. The minimum Gasteiger partial charge on any atom is -0.468 e. The maximum atomic E-state index is 6.17. The van der Waals surface area contributed by atoms with Crippen molar-refractivity contribution < 1.29 is 4.42 Å². The smallest absolute Gasteiger partial charge is 0.170 e. The summed E-state index contributed by atoms with van der Waals surface area (Å²) < 4.78 is 5.67. The van der Waals surface area contributed by atoms with E-state index in [1.165, 1.54) is 19.3 Å². The number of hydrogen-bond donors (Lipinski definition) is 2. The lowest BCUT2D eigenvalue weighted by Gasteiger charge is -2.33. The number of anilines is 1. The Morgan fingerprint density at radius 3 is 2.76 bits per heavy atom. The highest BCUT2D eigenvalue weighted by Crippen LogP contribution is 2.25. The predicted molar refractivity (Wildman–Crippen MR) is 107 cm³/mol. The van der Waals surface area contributed by atoms with Gasteiger partial charge in [0.15, 0.2) is 5.11 Å². The molecule has 1 unspecified atom stereocenters. The highest BCUT2D eigenvalue weighted by atomic mass is 35.5. The van der Waals surface area contributed by atoms with E-state index in [4.69, 9.17) is 28.2 Å². The standard InChI is InChI=1S/C19H24ClN3OS/c1-14-15(20)7-5-8-16(14)22-19(25)21-13-17(18-9-6-12-24-18)23-10-3-2-4-11-23/h5-9,12,17H,2-4,10-11,13H2,1H3,(H2,21,22,25). The summed E-state index contributed by atoms with van der Waals surface area (Å²) in [6.45, 7) is 4.88. The molecular weight excluding hydrogens is 354 g/mol. The van der Waals surface area contributed by atoms with Crippen molar-refractivity contribution in [3.05, 3.63) is 52.9 Å². The molecule has 134 valence electrons. The first-order valence-electron chi connectivity index (χ1n) is 8.72. The number of furan rings is 1. The van der Waals surface area contributed by atoms with Crippen LogP contribution >= 0.6 is 23.8 Å². The highest BCUT2D eigenvalue weighted by Gasteiger charge is 2.24. The molecule has 2 aromatic rings. The maximum Gasteiger partial charge on any atom is 0.170 e. The molecule has 0 aliphatic carbocycles. The molecule has 1 aromatic heterocycles. The lowest BCUT2D eigenvalue weighted by molar-refractivity contribution is 0.146. The van der Waals surface area contributed by atoms with E-state index < -0.39 is 0 Å². The molecular formula is C19H24ClN3OS. The fraction of sp³-hybridized carbons (Fsp3) is 0.421. The molecule has 4 nitrogen and oxygen atoms in total. The van der Waals surface area contributed by atoms with Gasteiger partial charge in [0, 0.05) is 17.3 Å². The summed E-state index contributed by atoms with van der Waals surface area (Å²) in [5.41, 5.74) is 1.92. The zero-order valence-corrected chi connectivity index (χ0v) is 16.0. The van der Waals surface area contributed by atoms with E-state index >= 15 is 0 Å². The van der Waals surface area contributed by atoms with Crippen LogP contribution in [0.15, 0.2) is 41.0 Å². The van der Waals surface area contributed by atoms with Crippen LogP contribution in [-0.2, 0) is 0 Å². The zero-order valence-electron chi connectivity index (χ0n) is 14.4. The minimum atomic E-state index is 0.190. The first-order chi connectivity index (χ1) is 12.1. The van der Waals surface area contributed by atoms with Gasteiger partial charge in [-0.2, -0.15) is 0 Å². The number of piperidine rings is 1. The molecule has 0 bridgehead atoms. The molecule has 0 radical (unpaired) electrons. The molecule has 1 fully saturated rings. The molecule has 1 aliphatic heterocycles. The Morgan fingerprint density at radius 1 is 1.24 bits per heavy atom. The molecule has 2 heterocycles. The summed E-state index contributed by atoms with van der Waals surface area (Å²) in [5.74, 6) is 0.983. The molecule has 25 heavy (non-hydrogen) atoms. The number of halogens is 1. The SMILES string of the molecule is Cc1c(Cl)cccc1NC(=S)NCC(c1ccco1)N1CCCCC1. The van der Waals surface area contributed by atoms with Gasteiger partial charge in [-0.25, -0.2) is 0 Å². The van der Waals surface area contributed by atoms with E-state index in [0.29, 0.717) is 11.7 Å². The van der Waals surface area contributed by atoms with Crippen molar-refractivity contribution in [1.82, 2.24) is 10.2 Å². The molecule has 1 saturated heterocycles. The molecule has 0 amide bonds. The summed E-state index contributed by atoms with van der Waals surface area (Å²) >= 11 is 11.6. The van der Waals surface area contributed by atoms with Gasteiger partial charge in [0.25, 0.3) is 0 Å². The van der Waals surface area contributed by atoms with Crippen molar-refractivity contribution in [2.45, 2.75) is 32.2 Å². The average Bonchev–Trinajstić information content (AvgIpc) is 3.14. The normalized spacial score (nSPS) is 16.4. The van der Waals surface area contributed by atoms with Crippen molar-refractivity contribution in [2.75, 3.05) is 25.0 Å². The lowest BCUT2D eigenvalue weighted by Crippen LogP contribution is -2.41. The molecule has 1 atom stereocenters. The van der Waals surface area contributed by atoms with Crippen LogP contribution < -0.4 is 10.6 Å². The third-order valence-electron chi connectivity index (χ3n) is 4.67. The number of nitrogens with zero attached hydrogens (tertiary/aromatic N) is 1. The monoisotopic (exact) mass is 377 g/mol. The van der Waals surface area contributed by atoms with E-state index in [2.05, 4.69) is 15.5 Å². The number of thiocarbonyl (C=S) groups is 1. The summed E-state index contributed by atoms with van der Waals surface area (Å²) in [6, 6.07) is 9.94. The Bertz CT molecular complexity index is 699. The van der Waals surface area contributed by atoms with Gasteiger partial charge in [-0.3, -0.25) is 4.90 Å². The van der Waals surface area contributed by atoms with E-state index in [0.717, 1.165) is 35.1 Å². The Kier molecular flexibility index (Phi) is 6.34. The van der Waals surface area contributed by atoms with Crippen molar-refractivity contribution in [1.29, 1.82) is 0 Å². The largest absolute Gasteiger partial charge is 0.468 e. The first kappa shape index (κ1) is 18.2. The molecule has 1 aliphatic rings. The average molecular weight is 378 g/mol. The van der Waals surface area contributed by atoms with E-state index in [1.54, 1.807) is 6.26 Å². The number of benzene rings is 1. The van der Waals surface area contributed by atoms with Crippen LogP contribution in [0.2, 0.25) is 5.02 Å². The second kappa shape index (κ2) is 8.70. The minimum absolute atomic E-state index is 0.190. The number of nitrogens with one attached hydrogen (secondary N) is 2.